The SMILES string of the molecule is CC(C)C[C@H](N)c1c(Br)ccc(C#N)c1O.Cl. The molecule has 0 amide bonds. The van der Waals surface area contributed by atoms with Gasteiger partial charge in [-0.25, -0.2) is 0 Å². The van der Waals surface area contributed by atoms with Crippen molar-refractivity contribution in [3.05, 3.63) is 27.7 Å². The predicted molar refractivity (Wildman–Crippen MR) is 74.2 cm³/mol. The summed E-state index contributed by atoms with van der Waals surface area (Å²) in [6.07, 6.45) is 0.765. The molecule has 17 heavy (non-hydrogen) atoms. The van der Waals surface area contributed by atoms with Crippen molar-refractivity contribution >= 4 is 28.3 Å². The molecule has 5 heteroatoms. The lowest BCUT2D eigenvalue weighted by Crippen LogP contribution is -2.14. The highest BCUT2D eigenvalue weighted by Crippen LogP contribution is 2.35. The van der Waals surface area contributed by atoms with Crippen LogP contribution in [0.15, 0.2) is 16.6 Å². The summed E-state index contributed by atoms with van der Waals surface area (Å²) in [6, 6.07) is 5.00. The molecule has 0 spiro atoms. The Morgan fingerprint density at radius 2 is 2.06 bits per heavy atom. The number of nitrogens with two attached hydrogens (primary N) is 1. The van der Waals surface area contributed by atoms with Crippen LogP contribution in [0.5, 0.6) is 5.75 Å². The van der Waals surface area contributed by atoms with Crippen molar-refractivity contribution in [2.24, 2.45) is 11.7 Å². The van der Waals surface area contributed by atoms with Gasteiger partial charge in [0.2, 0.25) is 0 Å². The van der Waals surface area contributed by atoms with E-state index in [2.05, 4.69) is 29.8 Å². The summed E-state index contributed by atoms with van der Waals surface area (Å²) in [5.74, 6) is 0.428. The Labute approximate surface area is 116 Å². The summed E-state index contributed by atoms with van der Waals surface area (Å²) >= 11 is 3.35. The van der Waals surface area contributed by atoms with Crippen molar-refractivity contribution in [2.45, 2.75) is 26.3 Å². The molecule has 1 rings (SSSR count). The van der Waals surface area contributed by atoms with Crippen molar-refractivity contribution in [3.63, 3.8) is 0 Å². The van der Waals surface area contributed by atoms with Gasteiger partial charge in [0, 0.05) is 16.1 Å². The first kappa shape index (κ1) is 16.2. The highest BCUT2D eigenvalue weighted by molar-refractivity contribution is 9.10. The lowest BCUT2D eigenvalue weighted by molar-refractivity contribution is 0.443. The van der Waals surface area contributed by atoms with Gasteiger partial charge in [0.15, 0.2) is 0 Å². The van der Waals surface area contributed by atoms with Crippen molar-refractivity contribution in [2.75, 3.05) is 0 Å². The largest absolute Gasteiger partial charge is 0.506 e. The lowest BCUT2D eigenvalue weighted by atomic mass is 9.95. The summed E-state index contributed by atoms with van der Waals surface area (Å²) in [4.78, 5) is 0. The van der Waals surface area contributed by atoms with E-state index in [1.807, 2.05) is 6.07 Å². The van der Waals surface area contributed by atoms with E-state index in [0.717, 1.165) is 10.9 Å². The molecule has 0 aromatic heterocycles. The van der Waals surface area contributed by atoms with Gasteiger partial charge in [-0.05, 0) is 24.5 Å². The summed E-state index contributed by atoms with van der Waals surface area (Å²) in [7, 11) is 0. The molecule has 0 saturated carbocycles. The van der Waals surface area contributed by atoms with E-state index in [1.54, 1.807) is 12.1 Å². The van der Waals surface area contributed by atoms with E-state index >= 15 is 0 Å². The number of aromatic hydroxyl groups is 1. The van der Waals surface area contributed by atoms with Crippen molar-refractivity contribution < 1.29 is 5.11 Å². The van der Waals surface area contributed by atoms with Gasteiger partial charge in [0.05, 0.1) is 5.56 Å². The molecule has 0 aliphatic heterocycles. The molecular weight excluding hydrogens is 304 g/mol. The van der Waals surface area contributed by atoms with Gasteiger partial charge in [-0.2, -0.15) is 5.26 Å². The molecule has 1 aromatic carbocycles. The molecule has 0 aliphatic carbocycles. The van der Waals surface area contributed by atoms with Crippen LogP contribution in [0.1, 0.15) is 37.4 Å². The van der Waals surface area contributed by atoms with Crippen LogP contribution >= 0.6 is 28.3 Å². The van der Waals surface area contributed by atoms with E-state index in [1.165, 1.54) is 0 Å². The summed E-state index contributed by atoms with van der Waals surface area (Å²) < 4.78 is 0.747. The second-order valence-electron chi connectivity index (χ2n) is 4.21. The zero-order chi connectivity index (χ0) is 12.3. The Hall–Kier alpha value is -0.760. The van der Waals surface area contributed by atoms with Gasteiger partial charge in [0.25, 0.3) is 0 Å². The number of benzene rings is 1. The highest BCUT2D eigenvalue weighted by Gasteiger charge is 2.18. The third-order valence-electron chi connectivity index (χ3n) is 2.38. The number of hydrogen-bond acceptors (Lipinski definition) is 3. The minimum atomic E-state index is -0.261. The van der Waals surface area contributed by atoms with Crippen LogP contribution in [0.25, 0.3) is 0 Å². The van der Waals surface area contributed by atoms with Crippen molar-refractivity contribution in [1.82, 2.24) is 0 Å². The zero-order valence-corrected chi connectivity index (χ0v) is 12.2. The molecule has 0 bridgehead atoms. The van der Waals surface area contributed by atoms with Crippen molar-refractivity contribution in [3.8, 4) is 11.8 Å². The summed E-state index contributed by atoms with van der Waals surface area (Å²) in [5, 5.41) is 18.8. The monoisotopic (exact) mass is 318 g/mol. The Balaban J connectivity index is 0.00000256. The predicted octanol–water partition coefficient (Wildman–Crippen LogP) is 3.49. The second kappa shape index (κ2) is 6.85. The fourth-order valence-corrected chi connectivity index (χ4v) is 2.27. The van der Waals surface area contributed by atoms with E-state index < -0.39 is 0 Å². The summed E-state index contributed by atoms with van der Waals surface area (Å²) in [6.45, 7) is 4.14. The fourth-order valence-electron chi connectivity index (χ4n) is 1.65. The zero-order valence-electron chi connectivity index (χ0n) is 9.77. The van der Waals surface area contributed by atoms with Crippen molar-refractivity contribution in [1.29, 1.82) is 5.26 Å². The first-order chi connectivity index (χ1) is 7.47. The Kier molecular flexibility index (Phi) is 6.54. The van der Waals surface area contributed by atoms with Crippen LogP contribution < -0.4 is 5.73 Å². The van der Waals surface area contributed by atoms with Crippen LogP contribution in [0.3, 0.4) is 0 Å². The Bertz CT molecular complexity index is 429. The smallest absolute Gasteiger partial charge is 0.139 e. The van der Waals surface area contributed by atoms with Crippen LogP contribution in [-0.4, -0.2) is 5.11 Å². The second-order valence-corrected chi connectivity index (χ2v) is 5.06. The molecule has 0 fully saturated rings. The van der Waals surface area contributed by atoms with Gasteiger partial charge >= 0.3 is 0 Å². The summed E-state index contributed by atoms with van der Waals surface area (Å²) in [5.41, 5.74) is 6.90. The Morgan fingerprint density at radius 1 is 1.47 bits per heavy atom. The number of rotatable bonds is 3. The maximum absolute atomic E-state index is 9.92. The number of halogens is 2. The van der Waals surface area contributed by atoms with Gasteiger partial charge in [-0.15, -0.1) is 12.4 Å². The molecule has 94 valence electrons. The number of phenols is 1. The molecular formula is C12H16BrClN2O. The molecule has 0 saturated heterocycles. The molecule has 3 nitrogen and oxygen atoms in total. The van der Waals surface area contributed by atoms with Gasteiger partial charge in [-0.1, -0.05) is 29.8 Å². The van der Waals surface area contributed by atoms with E-state index in [4.69, 9.17) is 11.0 Å². The lowest BCUT2D eigenvalue weighted by Gasteiger charge is -2.17. The van der Waals surface area contributed by atoms with Gasteiger partial charge in [-0.3, -0.25) is 0 Å². The topological polar surface area (TPSA) is 70.0 Å². The normalized spacial score (nSPS) is 11.8. The Morgan fingerprint density at radius 3 is 2.53 bits per heavy atom. The van der Waals surface area contributed by atoms with Crippen LogP contribution in [0.2, 0.25) is 0 Å². The first-order valence-electron chi connectivity index (χ1n) is 5.14. The standard InChI is InChI=1S/C12H15BrN2O.ClH/c1-7(2)5-10(15)11-9(13)4-3-8(6-14)12(11)16;/h3-4,7,10,16H,5,15H2,1-2H3;1H/t10-;/m0./s1. The maximum Gasteiger partial charge on any atom is 0.139 e. The number of hydrogen-bond donors (Lipinski definition) is 2. The number of phenolic OH excluding ortho intramolecular Hbond substituents is 1. The van der Waals surface area contributed by atoms with E-state index in [-0.39, 0.29) is 29.8 Å². The minimum Gasteiger partial charge on any atom is -0.506 e. The molecule has 1 aromatic rings. The molecule has 1 atom stereocenters. The fraction of sp³-hybridized carbons (Fsp3) is 0.417. The van der Waals surface area contributed by atoms with Crippen LogP contribution in [0.4, 0.5) is 0 Å². The quantitative estimate of drug-likeness (QED) is 0.896. The van der Waals surface area contributed by atoms with Crippen LogP contribution in [-0.2, 0) is 0 Å². The van der Waals surface area contributed by atoms with E-state index in [9.17, 15) is 5.11 Å². The molecule has 0 heterocycles. The molecule has 0 radical (unpaired) electrons. The average Bonchev–Trinajstić information content (AvgIpc) is 2.16. The highest BCUT2D eigenvalue weighted by atomic mass is 79.9. The minimum absolute atomic E-state index is 0. The molecule has 0 unspecified atom stereocenters. The van der Waals surface area contributed by atoms with Gasteiger partial charge < -0.3 is 10.8 Å². The maximum atomic E-state index is 9.92. The van der Waals surface area contributed by atoms with Crippen LogP contribution in [0, 0.1) is 17.2 Å². The molecule has 3 N–H and O–H groups in total. The van der Waals surface area contributed by atoms with Gasteiger partial charge in [0.1, 0.15) is 11.8 Å². The third kappa shape index (κ3) is 3.88. The molecule has 0 aliphatic rings. The number of nitriles is 1. The first-order valence-corrected chi connectivity index (χ1v) is 5.93. The average molecular weight is 320 g/mol. The third-order valence-corrected chi connectivity index (χ3v) is 3.07. The number of nitrogens with zero attached hydrogens (tertiary/aromatic N) is 1. The van der Waals surface area contributed by atoms with E-state index in [0.29, 0.717) is 11.5 Å².